The average molecular weight is 186 g/mol. The Morgan fingerprint density at radius 1 is 1.46 bits per heavy atom. The normalized spacial score (nSPS) is 13.0. The molecule has 0 fully saturated rings. The number of amides is 1. The van der Waals surface area contributed by atoms with E-state index >= 15 is 0 Å². The Labute approximate surface area is 81.1 Å². The van der Waals surface area contributed by atoms with E-state index < -0.39 is 0 Å². The average Bonchev–Trinajstić information content (AvgIpc) is 2.03. The first-order valence-electron chi connectivity index (χ1n) is 5.08. The second-order valence-corrected chi connectivity index (χ2v) is 3.90. The summed E-state index contributed by atoms with van der Waals surface area (Å²) in [5.74, 6) is 0.718. The van der Waals surface area contributed by atoms with Gasteiger partial charge in [0.15, 0.2) is 0 Å². The molecular weight excluding hydrogens is 164 g/mol. The number of carbonyl (C=O) groups excluding carboxylic acids is 1. The Kier molecular flexibility index (Phi) is 6.59. The van der Waals surface area contributed by atoms with Crippen LogP contribution in [-0.4, -0.2) is 18.5 Å². The number of hydrogen-bond donors (Lipinski definition) is 2. The maximum Gasteiger partial charge on any atom is 0.221 e. The van der Waals surface area contributed by atoms with E-state index in [0.717, 1.165) is 19.4 Å². The predicted octanol–water partition coefficient (Wildman–Crippen LogP) is 1.28. The van der Waals surface area contributed by atoms with Crippen molar-refractivity contribution in [2.24, 2.45) is 11.7 Å². The maximum atomic E-state index is 11.2. The first-order chi connectivity index (χ1) is 6.06. The number of nitrogens with one attached hydrogen (secondary N) is 1. The third kappa shape index (κ3) is 7.78. The molecule has 13 heavy (non-hydrogen) atoms. The number of nitrogens with two attached hydrogens (primary N) is 1. The highest BCUT2D eigenvalue weighted by atomic mass is 16.1. The zero-order chi connectivity index (χ0) is 10.3. The van der Waals surface area contributed by atoms with Gasteiger partial charge < -0.3 is 11.1 Å². The molecule has 0 bridgehead atoms. The van der Waals surface area contributed by atoms with Crippen molar-refractivity contribution in [3.05, 3.63) is 0 Å². The molecule has 3 nitrogen and oxygen atoms in total. The minimum Gasteiger partial charge on any atom is -0.356 e. The van der Waals surface area contributed by atoms with Crippen LogP contribution in [0, 0.1) is 5.92 Å². The molecule has 0 aromatic heterocycles. The van der Waals surface area contributed by atoms with Gasteiger partial charge >= 0.3 is 0 Å². The Balaban J connectivity index is 3.41. The zero-order valence-corrected chi connectivity index (χ0v) is 8.97. The quantitative estimate of drug-likeness (QED) is 0.656. The Bertz CT molecular complexity index is 146. The van der Waals surface area contributed by atoms with Crippen LogP contribution in [0.4, 0.5) is 0 Å². The molecule has 0 rings (SSSR count). The van der Waals surface area contributed by atoms with Crippen LogP contribution < -0.4 is 11.1 Å². The topological polar surface area (TPSA) is 55.1 Å². The van der Waals surface area contributed by atoms with Crippen molar-refractivity contribution in [3.63, 3.8) is 0 Å². The molecular formula is C10H22N2O. The van der Waals surface area contributed by atoms with Gasteiger partial charge in [0.2, 0.25) is 5.91 Å². The zero-order valence-electron chi connectivity index (χ0n) is 8.97. The van der Waals surface area contributed by atoms with Gasteiger partial charge in [-0.05, 0) is 18.8 Å². The minimum absolute atomic E-state index is 0.0130. The van der Waals surface area contributed by atoms with E-state index in [9.17, 15) is 4.79 Å². The van der Waals surface area contributed by atoms with E-state index in [1.807, 2.05) is 6.92 Å². The molecule has 1 amide bonds. The maximum absolute atomic E-state index is 11.2. The standard InChI is InChI=1S/C10H22N2O/c1-4-9(11)7-10(13)12-6-5-8(2)3/h8-9H,4-7,11H2,1-3H3,(H,12,13). The van der Waals surface area contributed by atoms with Crippen molar-refractivity contribution in [1.82, 2.24) is 5.32 Å². The third-order valence-corrected chi connectivity index (χ3v) is 2.02. The lowest BCUT2D eigenvalue weighted by Gasteiger charge is -2.10. The second-order valence-electron chi connectivity index (χ2n) is 3.90. The van der Waals surface area contributed by atoms with E-state index in [0.29, 0.717) is 12.3 Å². The van der Waals surface area contributed by atoms with Crippen molar-refractivity contribution in [2.45, 2.75) is 46.1 Å². The summed E-state index contributed by atoms with van der Waals surface area (Å²) in [6.07, 6.45) is 2.35. The van der Waals surface area contributed by atoms with Gasteiger partial charge in [0.25, 0.3) is 0 Å². The molecule has 0 aliphatic heterocycles. The van der Waals surface area contributed by atoms with Crippen LogP contribution in [0.15, 0.2) is 0 Å². The molecule has 0 aromatic rings. The molecule has 0 aromatic carbocycles. The molecule has 1 atom stereocenters. The molecule has 0 aliphatic rings. The van der Waals surface area contributed by atoms with Crippen LogP contribution >= 0.6 is 0 Å². The lowest BCUT2D eigenvalue weighted by Crippen LogP contribution is -2.32. The van der Waals surface area contributed by atoms with Gasteiger partial charge in [-0.3, -0.25) is 4.79 Å². The van der Waals surface area contributed by atoms with Crippen LogP contribution in [0.1, 0.15) is 40.0 Å². The summed E-state index contributed by atoms with van der Waals surface area (Å²) in [5.41, 5.74) is 5.64. The Hall–Kier alpha value is -0.570. The first-order valence-corrected chi connectivity index (χ1v) is 5.08. The lowest BCUT2D eigenvalue weighted by atomic mass is 10.1. The number of rotatable bonds is 6. The van der Waals surface area contributed by atoms with Crippen molar-refractivity contribution >= 4 is 5.91 Å². The van der Waals surface area contributed by atoms with Crippen molar-refractivity contribution in [2.75, 3.05) is 6.54 Å². The predicted molar refractivity (Wildman–Crippen MR) is 55.3 cm³/mol. The highest BCUT2D eigenvalue weighted by molar-refractivity contribution is 5.76. The molecule has 1 unspecified atom stereocenters. The van der Waals surface area contributed by atoms with Gasteiger partial charge in [0.05, 0.1) is 0 Å². The molecule has 3 heteroatoms. The molecule has 0 saturated heterocycles. The molecule has 78 valence electrons. The van der Waals surface area contributed by atoms with Crippen LogP contribution in [0.2, 0.25) is 0 Å². The highest BCUT2D eigenvalue weighted by Crippen LogP contribution is 1.97. The van der Waals surface area contributed by atoms with Gasteiger partial charge in [-0.15, -0.1) is 0 Å². The van der Waals surface area contributed by atoms with E-state index in [4.69, 9.17) is 5.73 Å². The molecule has 0 radical (unpaired) electrons. The van der Waals surface area contributed by atoms with Gasteiger partial charge in [-0.1, -0.05) is 20.8 Å². The summed E-state index contributed by atoms with van der Waals surface area (Å²) in [6.45, 7) is 7.05. The smallest absolute Gasteiger partial charge is 0.221 e. The fourth-order valence-electron chi connectivity index (χ4n) is 0.955. The van der Waals surface area contributed by atoms with Gasteiger partial charge in [-0.25, -0.2) is 0 Å². The largest absolute Gasteiger partial charge is 0.356 e. The summed E-state index contributed by atoms with van der Waals surface area (Å²) >= 11 is 0. The summed E-state index contributed by atoms with van der Waals surface area (Å²) in [5, 5.41) is 2.86. The highest BCUT2D eigenvalue weighted by Gasteiger charge is 2.06. The number of carbonyl (C=O) groups is 1. The SMILES string of the molecule is CCC(N)CC(=O)NCCC(C)C. The van der Waals surface area contributed by atoms with Crippen molar-refractivity contribution in [3.8, 4) is 0 Å². The molecule has 0 saturated carbocycles. The monoisotopic (exact) mass is 186 g/mol. The Morgan fingerprint density at radius 2 is 2.08 bits per heavy atom. The number of hydrogen-bond acceptors (Lipinski definition) is 2. The fraction of sp³-hybridized carbons (Fsp3) is 0.900. The summed E-state index contributed by atoms with van der Waals surface area (Å²) < 4.78 is 0. The molecule has 0 aliphatic carbocycles. The second kappa shape index (κ2) is 6.89. The summed E-state index contributed by atoms with van der Waals surface area (Å²) in [6, 6.07) is 0.0130. The van der Waals surface area contributed by atoms with Crippen LogP contribution in [-0.2, 0) is 4.79 Å². The van der Waals surface area contributed by atoms with Gasteiger partial charge in [-0.2, -0.15) is 0 Å². The molecule has 3 N–H and O–H groups in total. The fourth-order valence-corrected chi connectivity index (χ4v) is 0.955. The van der Waals surface area contributed by atoms with Crippen LogP contribution in [0.3, 0.4) is 0 Å². The Morgan fingerprint density at radius 3 is 2.54 bits per heavy atom. The van der Waals surface area contributed by atoms with Crippen LogP contribution in [0.5, 0.6) is 0 Å². The summed E-state index contributed by atoms with van der Waals surface area (Å²) in [4.78, 5) is 11.2. The van der Waals surface area contributed by atoms with Crippen molar-refractivity contribution in [1.29, 1.82) is 0 Å². The van der Waals surface area contributed by atoms with Gasteiger partial charge in [0, 0.05) is 19.0 Å². The summed E-state index contributed by atoms with van der Waals surface area (Å²) in [7, 11) is 0. The molecule has 0 spiro atoms. The first kappa shape index (κ1) is 12.4. The van der Waals surface area contributed by atoms with Gasteiger partial charge in [0.1, 0.15) is 0 Å². The van der Waals surface area contributed by atoms with E-state index in [-0.39, 0.29) is 11.9 Å². The van der Waals surface area contributed by atoms with E-state index in [2.05, 4.69) is 19.2 Å². The third-order valence-electron chi connectivity index (χ3n) is 2.02. The van der Waals surface area contributed by atoms with Crippen LogP contribution in [0.25, 0.3) is 0 Å². The minimum atomic E-state index is 0.0130. The van der Waals surface area contributed by atoms with E-state index in [1.54, 1.807) is 0 Å². The van der Waals surface area contributed by atoms with E-state index in [1.165, 1.54) is 0 Å². The lowest BCUT2D eigenvalue weighted by molar-refractivity contribution is -0.121. The van der Waals surface area contributed by atoms with Crippen molar-refractivity contribution < 1.29 is 4.79 Å². The molecule has 0 heterocycles.